The fraction of sp³-hybridized carbons (Fsp3) is 0.467. The number of piperidine rings is 1. The van der Waals surface area contributed by atoms with Gasteiger partial charge in [0.15, 0.2) is 0 Å². The van der Waals surface area contributed by atoms with Gasteiger partial charge in [0.2, 0.25) is 11.8 Å². The average molecular weight is 317 g/mol. The predicted octanol–water partition coefficient (Wildman–Crippen LogP) is 0.902. The molecule has 0 aliphatic carbocycles. The zero-order chi connectivity index (χ0) is 16.2. The van der Waals surface area contributed by atoms with Crippen LogP contribution in [0.25, 0.3) is 0 Å². The zero-order valence-electron chi connectivity index (χ0n) is 13.2. The summed E-state index contributed by atoms with van der Waals surface area (Å²) in [6, 6.07) is 3.53. The molecule has 1 aliphatic heterocycles. The van der Waals surface area contributed by atoms with Crippen LogP contribution < -0.4 is 9.47 Å². The first-order valence-electron chi connectivity index (χ1n) is 7.48. The summed E-state index contributed by atoms with van der Waals surface area (Å²) in [5.74, 6) is 0.725. The maximum atomic E-state index is 12.7. The number of amides is 1. The average Bonchev–Trinajstić information content (AvgIpc) is 2.96. The summed E-state index contributed by atoms with van der Waals surface area (Å²) in [6.07, 6.45) is 4.93. The van der Waals surface area contributed by atoms with Crippen molar-refractivity contribution in [3.8, 4) is 11.8 Å². The molecule has 0 N–H and O–H groups in total. The Kier molecular flexibility index (Phi) is 4.40. The number of hydrogen-bond acceptors (Lipinski definition) is 6. The monoisotopic (exact) mass is 317 g/mol. The molecule has 0 bridgehead atoms. The Bertz CT molecular complexity index is 673. The summed E-state index contributed by atoms with van der Waals surface area (Å²) in [6.45, 7) is 1.20. The van der Waals surface area contributed by atoms with E-state index in [1.807, 2.05) is 0 Å². The SMILES string of the molecule is COc1nn(C)cc1C(=O)N1CCCC(Oc2cccnn2)C1. The third kappa shape index (κ3) is 3.41. The number of rotatable bonds is 4. The van der Waals surface area contributed by atoms with E-state index in [4.69, 9.17) is 9.47 Å². The van der Waals surface area contributed by atoms with E-state index in [9.17, 15) is 4.79 Å². The molecular formula is C15H19N5O3. The maximum Gasteiger partial charge on any atom is 0.261 e. The number of aromatic nitrogens is 4. The number of ether oxygens (including phenoxy) is 2. The van der Waals surface area contributed by atoms with Gasteiger partial charge < -0.3 is 14.4 Å². The zero-order valence-corrected chi connectivity index (χ0v) is 13.2. The van der Waals surface area contributed by atoms with Gasteiger partial charge in [-0.3, -0.25) is 9.48 Å². The first-order chi connectivity index (χ1) is 11.2. The minimum atomic E-state index is -0.0950. The van der Waals surface area contributed by atoms with Crippen molar-refractivity contribution >= 4 is 5.91 Å². The molecule has 1 unspecified atom stereocenters. The highest BCUT2D eigenvalue weighted by atomic mass is 16.5. The summed E-state index contributed by atoms with van der Waals surface area (Å²) in [5, 5.41) is 11.8. The van der Waals surface area contributed by atoms with E-state index in [2.05, 4.69) is 15.3 Å². The van der Waals surface area contributed by atoms with Gasteiger partial charge in [-0.25, -0.2) is 0 Å². The molecule has 2 aromatic heterocycles. The molecule has 0 spiro atoms. The second-order valence-electron chi connectivity index (χ2n) is 5.42. The van der Waals surface area contributed by atoms with E-state index < -0.39 is 0 Å². The minimum Gasteiger partial charge on any atom is -0.479 e. The fourth-order valence-electron chi connectivity index (χ4n) is 2.68. The molecular weight excluding hydrogens is 298 g/mol. The number of aryl methyl sites for hydroxylation is 1. The van der Waals surface area contributed by atoms with Crippen LogP contribution in [0.5, 0.6) is 11.8 Å². The number of hydrogen-bond donors (Lipinski definition) is 0. The minimum absolute atomic E-state index is 0.0907. The molecule has 122 valence electrons. The summed E-state index contributed by atoms with van der Waals surface area (Å²) in [4.78, 5) is 14.5. The third-order valence-electron chi connectivity index (χ3n) is 3.72. The lowest BCUT2D eigenvalue weighted by Crippen LogP contribution is -2.44. The van der Waals surface area contributed by atoms with E-state index >= 15 is 0 Å². The van der Waals surface area contributed by atoms with Crippen molar-refractivity contribution in [2.75, 3.05) is 20.2 Å². The van der Waals surface area contributed by atoms with Gasteiger partial charge in [-0.1, -0.05) is 0 Å². The van der Waals surface area contributed by atoms with Gasteiger partial charge in [-0.15, -0.1) is 10.2 Å². The second-order valence-corrected chi connectivity index (χ2v) is 5.42. The van der Waals surface area contributed by atoms with E-state index in [0.717, 1.165) is 12.8 Å². The van der Waals surface area contributed by atoms with E-state index in [1.54, 1.807) is 41.2 Å². The molecule has 0 aromatic carbocycles. The number of carbonyl (C=O) groups is 1. The van der Waals surface area contributed by atoms with Crippen LogP contribution in [0.3, 0.4) is 0 Å². The lowest BCUT2D eigenvalue weighted by atomic mass is 10.1. The molecule has 0 radical (unpaired) electrons. The van der Waals surface area contributed by atoms with Crippen LogP contribution in [-0.4, -0.2) is 57.1 Å². The molecule has 1 amide bonds. The maximum absolute atomic E-state index is 12.7. The summed E-state index contributed by atoms with van der Waals surface area (Å²) in [5.41, 5.74) is 0.468. The van der Waals surface area contributed by atoms with Crippen molar-refractivity contribution < 1.29 is 14.3 Å². The number of carbonyl (C=O) groups excluding carboxylic acids is 1. The lowest BCUT2D eigenvalue weighted by Gasteiger charge is -2.32. The Morgan fingerprint density at radius 1 is 1.43 bits per heavy atom. The number of methoxy groups -OCH3 is 1. The third-order valence-corrected chi connectivity index (χ3v) is 3.72. The fourth-order valence-corrected chi connectivity index (χ4v) is 2.68. The summed E-state index contributed by atoms with van der Waals surface area (Å²) in [7, 11) is 3.27. The van der Waals surface area contributed by atoms with Gasteiger partial charge in [0.05, 0.1) is 13.7 Å². The second kappa shape index (κ2) is 6.64. The van der Waals surface area contributed by atoms with Gasteiger partial charge in [0.1, 0.15) is 11.7 Å². The molecule has 0 saturated carbocycles. The highest BCUT2D eigenvalue weighted by molar-refractivity contribution is 5.96. The number of likely N-dealkylation sites (tertiary alicyclic amines) is 1. The molecule has 3 rings (SSSR count). The molecule has 1 saturated heterocycles. The van der Waals surface area contributed by atoms with E-state index in [0.29, 0.717) is 30.4 Å². The van der Waals surface area contributed by atoms with Crippen LogP contribution in [0.15, 0.2) is 24.5 Å². The smallest absolute Gasteiger partial charge is 0.261 e. The Hall–Kier alpha value is -2.64. The van der Waals surface area contributed by atoms with Gasteiger partial charge in [0, 0.05) is 32.1 Å². The van der Waals surface area contributed by atoms with Gasteiger partial charge in [-0.05, 0) is 18.9 Å². The Balaban J connectivity index is 1.69. The molecule has 1 aliphatic rings. The van der Waals surface area contributed by atoms with Gasteiger partial charge >= 0.3 is 0 Å². The van der Waals surface area contributed by atoms with Crippen LogP contribution in [0.1, 0.15) is 23.2 Å². The number of nitrogens with zero attached hydrogens (tertiary/aromatic N) is 5. The van der Waals surface area contributed by atoms with Crippen molar-refractivity contribution in [3.63, 3.8) is 0 Å². The van der Waals surface area contributed by atoms with Crippen molar-refractivity contribution in [3.05, 3.63) is 30.1 Å². The Morgan fingerprint density at radius 3 is 3.04 bits per heavy atom. The van der Waals surface area contributed by atoms with Gasteiger partial charge in [0.25, 0.3) is 5.91 Å². The van der Waals surface area contributed by atoms with Gasteiger partial charge in [-0.2, -0.15) is 5.10 Å². The molecule has 1 atom stereocenters. The highest BCUT2D eigenvalue weighted by Crippen LogP contribution is 2.21. The summed E-state index contributed by atoms with van der Waals surface area (Å²) >= 11 is 0. The molecule has 23 heavy (non-hydrogen) atoms. The Morgan fingerprint density at radius 2 is 2.30 bits per heavy atom. The topological polar surface area (TPSA) is 82.4 Å². The first kappa shape index (κ1) is 15.3. The Labute approximate surface area is 134 Å². The quantitative estimate of drug-likeness (QED) is 0.833. The molecule has 2 aromatic rings. The van der Waals surface area contributed by atoms with Crippen molar-refractivity contribution in [2.45, 2.75) is 18.9 Å². The molecule has 1 fully saturated rings. The normalized spacial score (nSPS) is 17.8. The highest BCUT2D eigenvalue weighted by Gasteiger charge is 2.28. The van der Waals surface area contributed by atoms with E-state index in [-0.39, 0.29) is 12.0 Å². The van der Waals surface area contributed by atoms with Crippen molar-refractivity contribution in [1.29, 1.82) is 0 Å². The van der Waals surface area contributed by atoms with Crippen LogP contribution >= 0.6 is 0 Å². The molecule has 3 heterocycles. The largest absolute Gasteiger partial charge is 0.479 e. The predicted molar refractivity (Wildman–Crippen MR) is 81.3 cm³/mol. The van der Waals surface area contributed by atoms with Crippen molar-refractivity contribution in [2.24, 2.45) is 7.05 Å². The van der Waals surface area contributed by atoms with Crippen LogP contribution in [-0.2, 0) is 7.05 Å². The van der Waals surface area contributed by atoms with Crippen LogP contribution in [0.4, 0.5) is 0 Å². The first-order valence-corrected chi connectivity index (χ1v) is 7.48. The van der Waals surface area contributed by atoms with Crippen LogP contribution in [0.2, 0.25) is 0 Å². The molecule has 8 heteroatoms. The standard InChI is InChI=1S/C15H19N5O3/c1-19-10-12(14(18-19)22-2)15(21)20-8-4-5-11(9-20)23-13-6-3-7-16-17-13/h3,6-7,10-11H,4-5,8-9H2,1-2H3. The van der Waals surface area contributed by atoms with Crippen molar-refractivity contribution in [1.82, 2.24) is 24.9 Å². The summed E-state index contributed by atoms with van der Waals surface area (Å²) < 4.78 is 12.6. The van der Waals surface area contributed by atoms with Crippen LogP contribution in [0, 0.1) is 0 Å². The lowest BCUT2D eigenvalue weighted by molar-refractivity contribution is 0.0522. The van der Waals surface area contributed by atoms with E-state index in [1.165, 1.54) is 7.11 Å². The molecule has 8 nitrogen and oxygen atoms in total.